The van der Waals surface area contributed by atoms with Crippen molar-refractivity contribution < 1.29 is 9.90 Å². The van der Waals surface area contributed by atoms with Crippen molar-refractivity contribution >= 4 is 17.5 Å². The maximum atomic E-state index is 10.6. The molecule has 5 N–H and O–H groups in total. The van der Waals surface area contributed by atoms with E-state index in [9.17, 15) is 9.90 Å². The van der Waals surface area contributed by atoms with Crippen molar-refractivity contribution in [2.45, 2.75) is 19.4 Å². The Morgan fingerprint density at radius 1 is 1.47 bits per heavy atom. The zero-order chi connectivity index (χ0) is 12.7. The number of hydrogen-bond donors (Lipinski definition) is 4. The fraction of sp³-hybridized carbons (Fsp3) is 0.500. The number of carbonyl (C=O) groups is 1. The Morgan fingerprint density at radius 2 is 2.12 bits per heavy atom. The molecule has 1 rings (SSSR count). The molecule has 1 aromatic rings. The van der Waals surface area contributed by atoms with Gasteiger partial charge in [-0.3, -0.25) is 4.79 Å². The Balaban J connectivity index is 2.50. The molecule has 7 nitrogen and oxygen atoms in total. The molecule has 0 saturated carbocycles. The van der Waals surface area contributed by atoms with Crippen LogP contribution in [0.5, 0.6) is 0 Å². The molecule has 0 radical (unpaired) electrons. The normalized spacial score (nSPS) is 11.9. The van der Waals surface area contributed by atoms with E-state index in [2.05, 4.69) is 27.5 Å². The second-order valence-corrected chi connectivity index (χ2v) is 3.51. The summed E-state index contributed by atoms with van der Waals surface area (Å²) in [4.78, 5) is 18.6. The molecule has 0 aliphatic heterocycles. The first-order valence-electron chi connectivity index (χ1n) is 5.40. The van der Waals surface area contributed by atoms with Crippen molar-refractivity contribution in [1.29, 1.82) is 0 Å². The maximum Gasteiger partial charge on any atom is 0.248 e. The van der Waals surface area contributed by atoms with E-state index in [-0.39, 0.29) is 6.54 Å². The van der Waals surface area contributed by atoms with Crippen molar-refractivity contribution in [3.63, 3.8) is 0 Å². The number of aromatic nitrogens is 2. The highest BCUT2D eigenvalue weighted by atomic mass is 16.3. The number of amides is 1. The minimum Gasteiger partial charge on any atom is -0.381 e. The third kappa shape index (κ3) is 4.64. The van der Waals surface area contributed by atoms with Gasteiger partial charge in [-0.15, -0.1) is 0 Å². The summed E-state index contributed by atoms with van der Waals surface area (Å²) in [6.07, 6.45) is 1.17. The van der Waals surface area contributed by atoms with Gasteiger partial charge in [0.05, 0.1) is 6.54 Å². The number of nitrogens with one attached hydrogen (secondary N) is 2. The Bertz CT molecular complexity index is 371. The zero-order valence-corrected chi connectivity index (χ0v) is 9.68. The molecule has 7 heteroatoms. The van der Waals surface area contributed by atoms with E-state index < -0.39 is 12.0 Å². The minimum absolute atomic E-state index is 0.0273. The maximum absolute atomic E-state index is 10.6. The molecule has 1 unspecified atom stereocenters. The molecular weight excluding hydrogens is 222 g/mol. The lowest BCUT2D eigenvalue weighted by Gasteiger charge is -2.10. The second-order valence-electron chi connectivity index (χ2n) is 3.51. The topological polar surface area (TPSA) is 113 Å². The second kappa shape index (κ2) is 6.64. The van der Waals surface area contributed by atoms with Crippen LogP contribution in [0, 0.1) is 0 Å². The van der Waals surface area contributed by atoms with Gasteiger partial charge in [-0.05, 0) is 6.42 Å². The number of carbonyl (C=O) groups excluding carboxylic acids is 1. The van der Waals surface area contributed by atoms with E-state index in [4.69, 9.17) is 5.73 Å². The molecule has 94 valence electrons. The Labute approximate surface area is 99.5 Å². The average Bonchev–Trinajstić information content (AvgIpc) is 2.33. The highest BCUT2D eigenvalue weighted by molar-refractivity contribution is 5.79. The van der Waals surface area contributed by atoms with Crippen LogP contribution in [0.15, 0.2) is 12.4 Å². The van der Waals surface area contributed by atoms with E-state index >= 15 is 0 Å². The summed E-state index contributed by atoms with van der Waals surface area (Å²) >= 11 is 0. The summed E-state index contributed by atoms with van der Waals surface area (Å²) in [5, 5.41) is 15.1. The number of rotatable bonds is 7. The van der Waals surface area contributed by atoms with Crippen LogP contribution in [-0.2, 0) is 4.79 Å². The summed E-state index contributed by atoms with van der Waals surface area (Å²) in [6, 6.07) is 1.70. The lowest BCUT2D eigenvalue weighted by molar-refractivity contribution is -0.125. The minimum atomic E-state index is -1.22. The summed E-state index contributed by atoms with van der Waals surface area (Å²) in [7, 11) is 0. The van der Waals surface area contributed by atoms with Gasteiger partial charge in [-0.25, -0.2) is 9.97 Å². The molecule has 0 aromatic carbocycles. The van der Waals surface area contributed by atoms with Gasteiger partial charge < -0.3 is 21.5 Å². The van der Waals surface area contributed by atoms with Crippen LogP contribution in [0.4, 0.5) is 11.6 Å². The van der Waals surface area contributed by atoms with Crippen LogP contribution in [0.3, 0.4) is 0 Å². The van der Waals surface area contributed by atoms with Crippen LogP contribution in [-0.4, -0.2) is 40.2 Å². The summed E-state index contributed by atoms with van der Waals surface area (Å²) in [6.45, 7) is 2.90. The zero-order valence-electron chi connectivity index (χ0n) is 9.68. The van der Waals surface area contributed by atoms with E-state index in [1.807, 2.05) is 0 Å². The highest BCUT2D eigenvalue weighted by Crippen LogP contribution is 2.08. The lowest BCUT2D eigenvalue weighted by Crippen LogP contribution is -2.34. The van der Waals surface area contributed by atoms with E-state index in [1.54, 1.807) is 6.07 Å². The van der Waals surface area contributed by atoms with Crippen molar-refractivity contribution in [1.82, 2.24) is 9.97 Å². The Hall–Kier alpha value is -1.89. The number of aliphatic hydroxyl groups is 1. The number of anilines is 2. The summed E-state index contributed by atoms with van der Waals surface area (Å²) in [5.41, 5.74) is 4.92. The van der Waals surface area contributed by atoms with Gasteiger partial charge in [0.1, 0.15) is 24.1 Å². The largest absolute Gasteiger partial charge is 0.381 e. The van der Waals surface area contributed by atoms with Gasteiger partial charge in [-0.1, -0.05) is 6.92 Å². The first-order chi connectivity index (χ1) is 8.13. The van der Waals surface area contributed by atoms with E-state index in [0.29, 0.717) is 11.6 Å². The molecule has 0 saturated heterocycles. The molecule has 1 aromatic heterocycles. The van der Waals surface area contributed by atoms with Gasteiger partial charge in [-0.2, -0.15) is 0 Å². The molecule has 1 atom stereocenters. The van der Waals surface area contributed by atoms with Crippen LogP contribution in [0.1, 0.15) is 13.3 Å². The Kier molecular flexibility index (Phi) is 5.15. The molecule has 1 heterocycles. The van der Waals surface area contributed by atoms with Gasteiger partial charge in [0.2, 0.25) is 5.91 Å². The number of primary amides is 1. The van der Waals surface area contributed by atoms with Crippen LogP contribution in [0.2, 0.25) is 0 Å². The molecule has 0 fully saturated rings. The number of hydrogen-bond acceptors (Lipinski definition) is 6. The number of nitrogens with two attached hydrogens (primary N) is 1. The standard InChI is InChI=1S/C10H17N5O2/c1-2-3-12-8-4-9(15-6-14-8)13-5-7(16)10(11)17/h4,6-7,16H,2-3,5H2,1H3,(H2,11,17)(H2,12,13,14,15). The van der Waals surface area contributed by atoms with Crippen LogP contribution >= 0.6 is 0 Å². The van der Waals surface area contributed by atoms with Crippen molar-refractivity contribution in [3.8, 4) is 0 Å². The molecule has 0 spiro atoms. The predicted octanol–water partition coefficient (Wildman–Crippen LogP) is -0.443. The third-order valence-electron chi connectivity index (χ3n) is 2.03. The van der Waals surface area contributed by atoms with Gasteiger partial charge in [0, 0.05) is 12.6 Å². The highest BCUT2D eigenvalue weighted by Gasteiger charge is 2.10. The smallest absolute Gasteiger partial charge is 0.248 e. The lowest BCUT2D eigenvalue weighted by atomic mass is 10.3. The van der Waals surface area contributed by atoms with Gasteiger partial charge in [0.25, 0.3) is 0 Å². The average molecular weight is 239 g/mol. The SMILES string of the molecule is CCCNc1cc(NCC(O)C(N)=O)ncn1. The molecule has 17 heavy (non-hydrogen) atoms. The molecular formula is C10H17N5O2. The summed E-state index contributed by atoms with van der Waals surface area (Å²) in [5.74, 6) is 0.452. The molecule has 1 amide bonds. The van der Waals surface area contributed by atoms with Gasteiger partial charge in [0.15, 0.2) is 0 Å². The Morgan fingerprint density at radius 3 is 2.71 bits per heavy atom. The van der Waals surface area contributed by atoms with Gasteiger partial charge >= 0.3 is 0 Å². The first-order valence-corrected chi connectivity index (χ1v) is 5.40. The monoisotopic (exact) mass is 239 g/mol. The molecule has 0 aliphatic rings. The number of nitrogens with zero attached hydrogens (tertiary/aromatic N) is 2. The van der Waals surface area contributed by atoms with E-state index in [0.717, 1.165) is 13.0 Å². The number of aliphatic hydroxyl groups excluding tert-OH is 1. The van der Waals surface area contributed by atoms with Crippen LogP contribution in [0.25, 0.3) is 0 Å². The third-order valence-corrected chi connectivity index (χ3v) is 2.03. The fourth-order valence-corrected chi connectivity index (χ4v) is 1.11. The van der Waals surface area contributed by atoms with Crippen LogP contribution < -0.4 is 16.4 Å². The molecule has 0 bridgehead atoms. The molecule has 0 aliphatic carbocycles. The van der Waals surface area contributed by atoms with Crippen molar-refractivity contribution in [3.05, 3.63) is 12.4 Å². The van der Waals surface area contributed by atoms with Crippen molar-refractivity contribution in [2.24, 2.45) is 5.73 Å². The quantitative estimate of drug-likeness (QED) is 0.513. The fourth-order valence-electron chi connectivity index (χ4n) is 1.11. The predicted molar refractivity (Wildman–Crippen MR) is 64.5 cm³/mol. The first kappa shape index (κ1) is 13.2. The van der Waals surface area contributed by atoms with E-state index in [1.165, 1.54) is 6.33 Å². The van der Waals surface area contributed by atoms with Crippen molar-refractivity contribution in [2.75, 3.05) is 23.7 Å². The summed E-state index contributed by atoms with van der Waals surface area (Å²) < 4.78 is 0.